The van der Waals surface area contributed by atoms with Gasteiger partial charge in [0.2, 0.25) is 0 Å². The van der Waals surface area contributed by atoms with Gasteiger partial charge in [-0.3, -0.25) is 4.90 Å². The molecule has 1 heterocycles. The molecule has 18 heavy (non-hydrogen) atoms. The van der Waals surface area contributed by atoms with Gasteiger partial charge in [0, 0.05) is 5.54 Å². The molecule has 1 atom stereocenters. The molecule has 0 unspecified atom stereocenters. The van der Waals surface area contributed by atoms with E-state index in [2.05, 4.69) is 0 Å². The van der Waals surface area contributed by atoms with Crippen molar-refractivity contribution in [3.05, 3.63) is 0 Å². The third kappa shape index (κ3) is 3.37. The minimum atomic E-state index is -0.964. The third-order valence-corrected chi connectivity index (χ3v) is 3.11. The highest BCUT2D eigenvalue weighted by molar-refractivity contribution is 5.81. The average Bonchev–Trinajstić information content (AvgIpc) is 2.12. The van der Waals surface area contributed by atoms with Crippen LogP contribution >= 0.6 is 0 Å². The lowest BCUT2D eigenvalue weighted by Crippen LogP contribution is -2.59. The summed E-state index contributed by atoms with van der Waals surface area (Å²) in [5, 5.41) is 9.24. The first-order valence-electron chi connectivity index (χ1n) is 6.30. The number of nitrogens with zero attached hydrogens (tertiary/aromatic N) is 1. The number of hydrogen-bond acceptors (Lipinski definition) is 3. The fourth-order valence-electron chi connectivity index (χ4n) is 2.32. The van der Waals surface area contributed by atoms with Gasteiger partial charge in [-0.1, -0.05) is 0 Å². The van der Waals surface area contributed by atoms with E-state index in [0.29, 0.717) is 6.42 Å². The van der Waals surface area contributed by atoms with Crippen molar-refractivity contribution in [3.63, 3.8) is 0 Å². The minimum Gasteiger partial charge on any atom is -0.480 e. The Morgan fingerprint density at radius 1 is 1.33 bits per heavy atom. The van der Waals surface area contributed by atoms with Crippen LogP contribution in [0.3, 0.4) is 0 Å². The Morgan fingerprint density at radius 2 is 1.89 bits per heavy atom. The molecule has 1 aliphatic rings. The van der Waals surface area contributed by atoms with Gasteiger partial charge in [-0.05, 0) is 53.9 Å². The number of carboxylic acids is 1. The first-order chi connectivity index (χ1) is 8.04. The number of amides is 1. The summed E-state index contributed by atoms with van der Waals surface area (Å²) in [6, 6.07) is -0.788. The van der Waals surface area contributed by atoms with E-state index in [1.165, 1.54) is 4.90 Å². The number of carboxylic acid groups (broad SMARTS) is 1. The van der Waals surface area contributed by atoms with Crippen molar-refractivity contribution in [2.24, 2.45) is 0 Å². The van der Waals surface area contributed by atoms with E-state index < -0.39 is 29.2 Å². The van der Waals surface area contributed by atoms with Crippen molar-refractivity contribution >= 4 is 12.1 Å². The summed E-state index contributed by atoms with van der Waals surface area (Å²) in [7, 11) is 0. The van der Waals surface area contributed by atoms with Crippen LogP contribution in [-0.2, 0) is 9.53 Å². The van der Waals surface area contributed by atoms with Gasteiger partial charge in [0.05, 0.1) is 0 Å². The van der Waals surface area contributed by atoms with Gasteiger partial charge in [0.1, 0.15) is 11.6 Å². The number of rotatable bonds is 1. The van der Waals surface area contributed by atoms with E-state index >= 15 is 0 Å². The van der Waals surface area contributed by atoms with Crippen LogP contribution in [0.5, 0.6) is 0 Å². The normalized spacial score (nSPS) is 23.6. The zero-order valence-corrected chi connectivity index (χ0v) is 11.8. The predicted octanol–water partition coefficient (Wildman–Crippen LogP) is 2.64. The van der Waals surface area contributed by atoms with E-state index in [1.54, 1.807) is 20.8 Å². The molecule has 1 saturated heterocycles. The summed E-state index contributed by atoms with van der Waals surface area (Å²) < 4.78 is 5.32. The van der Waals surface area contributed by atoms with Crippen molar-refractivity contribution < 1.29 is 19.4 Å². The van der Waals surface area contributed by atoms with Crippen molar-refractivity contribution in [1.29, 1.82) is 0 Å². The van der Waals surface area contributed by atoms with E-state index in [-0.39, 0.29) is 0 Å². The van der Waals surface area contributed by atoms with Crippen molar-refractivity contribution in [2.75, 3.05) is 0 Å². The smallest absolute Gasteiger partial charge is 0.411 e. The Balaban J connectivity index is 2.97. The highest BCUT2D eigenvalue weighted by atomic mass is 16.6. The standard InChI is InChI=1S/C13H23NO4/c1-12(2,3)18-11(17)14-9(10(15)16)7-6-8-13(14,4)5/h9H,6-8H2,1-5H3,(H,15,16)/t9-/m1/s1. The maximum absolute atomic E-state index is 12.2. The molecule has 0 radical (unpaired) electrons. The largest absolute Gasteiger partial charge is 0.480 e. The van der Waals surface area contributed by atoms with Gasteiger partial charge < -0.3 is 9.84 Å². The van der Waals surface area contributed by atoms with Crippen LogP contribution in [0.2, 0.25) is 0 Å². The van der Waals surface area contributed by atoms with Crippen molar-refractivity contribution in [2.45, 2.75) is 71.1 Å². The van der Waals surface area contributed by atoms with E-state index in [9.17, 15) is 14.7 Å². The van der Waals surface area contributed by atoms with E-state index in [1.807, 2.05) is 13.8 Å². The van der Waals surface area contributed by atoms with Gasteiger partial charge >= 0.3 is 12.1 Å². The summed E-state index contributed by atoms with van der Waals surface area (Å²) in [5.74, 6) is -0.964. The summed E-state index contributed by atoms with van der Waals surface area (Å²) in [6.45, 7) is 9.09. The molecule has 1 aliphatic heterocycles. The number of carbonyl (C=O) groups is 2. The second kappa shape index (κ2) is 4.78. The Morgan fingerprint density at radius 3 is 2.33 bits per heavy atom. The molecule has 1 N–H and O–H groups in total. The molecule has 104 valence electrons. The minimum absolute atomic E-state index is 0.482. The highest BCUT2D eigenvalue weighted by Crippen LogP contribution is 2.33. The molecule has 0 aromatic carbocycles. The topological polar surface area (TPSA) is 66.8 Å². The lowest BCUT2D eigenvalue weighted by Gasteiger charge is -2.46. The van der Waals surface area contributed by atoms with Gasteiger partial charge in [0.15, 0.2) is 0 Å². The fourth-order valence-corrected chi connectivity index (χ4v) is 2.32. The first kappa shape index (κ1) is 14.8. The van der Waals surface area contributed by atoms with Gasteiger partial charge in [-0.25, -0.2) is 9.59 Å². The van der Waals surface area contributed by atoms with E-state index in [0.717, 1.165) is 12.8 Å². The molecule has 0 saturated carbocycles. The predicted molar refractivity (Wildman–Crippen MR) is 67.4 cm³/mol. The molecule has 0 bridgehead atoms. The Bertz CT molecular complexity index is 343. The molecule has 5 heteroatoms. The number of hydrogen-bond donors (Lipinski definition) is 1. The Hall–Kier alpha value is -1.26. The molecule has 0 spiro atoms. The van der Waals surface area contributed by atoms with Crippen LogP contribution in [-0.4, -0.2) is 39.3 Å². The molecule has 0 aliphatic carbocycles. The van der Waals surface area contributed by atoms with Crippen LogP contribution < -0.4 is 0 Å². The van der Waals surface area contributed by atoms with Crippen LogP contribution in [0.15, 0.2) is 0 Å². The molecule has 1 fully saturated rings. The summed E-state index contributed by atoms with van der Waals surface area (Å²) in [4.78, 5) is 24.8. The van der Waals surface area contributed by atoms with Gasteiger partial charge in [-0.2, -0.15) is 0 Å². The molecule has 1 rings (SSSR count). The van der Waals surface area contributed by atoms with Crippen LogP contribution in [0.1, 0.15) is 53.9 Å². The van der Waals surface area contributed by atoms with Crippen LogP contribution in [0.25, 0.3) is 0 Å². The van der Waals surface area contributed by atoms with E-state index in [4.69, 9.17) is 4.74 Å². The lowest BCUT2D eigenvalue weighted by atomic mass is 9.86. The zero-order chi connectivity index (χ0) is 14.1. The number of aliphatic carboxylic acids is 1. The molecular weight excluding hydrogens is 234 g/mol. The molecule has 5 nitrogen and oxygen atoms in total. The molecular formula is C13H23NO4. The third-order valence-electron chi connectivity index (χ3n) is 3.11. The Labute approximate surface area is 108 Å². The quantitative estimate of drug-likeness (QED) is 0.784. The second-order valence-corrected chi connectivity index (χ2v) is 6.41. The number of carbonyl (C=O) groups excluding carboxylic acids is 1. The van der Waals surface area contributed by atoms with Crippen molar-refractivity contribution in [1.82, 2.24) is 4.90 Å². The van der Waals surface area contributed by atoms with Crippen molar-refractivity contribution in [3.8, 4) is 0 Å². The molecule has 1 amide bonds. The summed E-state index contributed by atoms with van der Waals surface area (Å²) in [6.07, 6.45) is 1.54. The van der Waals surface area contributed by atoms with Crippen LogP contribution in [0, 0.1) is 0 Å². The summed E-state index contributed by atoms with van der Waals surface area (Å²) in [5.41, 5.74) is -1.10. The maximum atomic E-state index is 12.2. The average molecular weight is 257 g/mol. The van der Waals surface area contributed by atoms with Crippen LogP contribution in [0.4, 0.5) is 4.79 Å². The SMILES string of the molecule is CC(C)(C)OC(=O)N1[C@@H](C(=O)O)CCCC1(C)C. The zero-order valence-electron chi connectivity index (χ0n) is 11.8. The maximum Gasteiger partial charge on any atom is 0.411 e. The molecule has 0 aromatic heterocycles. The van der Waals surface area contributed by atoms with Gasteiger partial charge in [-0.15, -0.1) is 0 Å². The second-order valence-electron chi connectivity index (χ2n) is 6.41. The fraction of sp³-hybridized carbons (Fsp3) is 0.846. The number of likely N-dealkylation sites (tertiary alicyclic amines) is 1. The monoisotopic (exact) mass is 257 g/mol. The number of ether oxygens (including phenoxy) is 1. The lowest BCUT2D eigenvalue weighted by molar-refractivity contribution is -0.147. The van der Waals surface area contributed by atoms with Gasteiger partial charge in [0.25, 0.3) is 0 Å². The summed E-state index contributed by atoms with van der Waals surface area (Å²) >= 11 is 0. The Kier molecular flexibility index (Phi) is 3.93. The molecule has 0 aromatic rings. The number of piperidine rings is 1. The first-order valence-corrected chi connectivity index (χ1v) is 6.30. The highest BCUT2D eigenvalue weighted by Gasteiger charge is 2.44.